The van der Waals surface area contributed by atoms with Crippen LogP contribution in [-0.2, 0) is 21.3 Å². The summed E-state index contributed by atoms with van der Waals surface area (Å²) in [5, 5.41) is 7.12. The third-order valence-corrected chi connectivity index (χ3v) is 4.14. The third-order valence-electron chi connectivity index (χ3n) is 3.27. The molecule has 6 nitrogen and oxygen atoms in total. The summed E-state index contributed by atoms with van der Waals surface area (Å²) in [6, 6.07) is 15.8. The van der Waals surface area contributed by atoms with Crippen LogP contribution >= 0.6 is 0 Å². The Labute approximate surface area is 159 Å². The molecule has 0 bridgehead atoms. The topological polar surface area (TPSA) is 118 Å². The van der Waals surface area contributed by atoms with E-state index in [9.17, 15) is 21.6 Å². The van der Waals surface area contributed by atoms with Gasteiger partial charge in [-0.2, -0.15) is 21.6 Å². The van der Waals surface area contributed by atoms with Crippen molar-refractivity contribution in [2.24, 2.45) is 5.73 Å². The molecule has 0 fully saturated rings. The first-order valence-corrected chi connectivity index (χ1v) is 9.19. The van der Waals surface area contributed by atoms with Gasteiger partial charge in [0.1, 0.15) is 0 Å². The van der Waals surface area contributed by atoms with Crippen molar-refractivity contribution in [2.45, 2.75) is 23.5 Å². The minimum Gasteiger partial charge on any atom is -0.475 e. The number of hydrogen-bond acceptors (Lipinski definition) is 4. The maximum absolute atomic E-state index is 10.9. The van der Waals surface area contributed by atoms with Crippen LogP contribution in [0.1, 0.15) is 11.1 Å². The van der Waals surface area contributed by atoms with E-state index in [1.54, 1.807) is 12.1 Å². The monoisotopic (exact) mass is 417 g/mol. The average molecular weight is 417 g/mol. The molecule has 0 unspecified atom stereocenters. The number of alkyl halides is 3. The molecule has 0 heterocycles. The first-order valence-electron chi connectivity index (χ1n) is 7.75. The van der Waals surface area contributed by atoms with E-state index in [-0.39, 0.29) is 10.9 Å². The van der Waals surface area contributed by atoms with Crippen molar-refractivity contribution in [1.82, 2.24) is 0 Å². The molecule has 0 amide bonds. The molecular weight excluding hydrogens is 399 g/mol. The van der Waals surface area contributed by atoms with Crippen LogP contribution in [0.5, 0.6) is 0 Å². The lowest BCUT2D eigenvalue weighted by molar-refractivity contribution is -0.192. The Morgan fingerprint density at radius 2 is 1.57 bits per heavy atom. The molecule has 2 rings (SSSR count). The van der Waals surface area contributed by atoms with E-state index < -0.39 is 22.3 Å². The zero-order valence-electron chi connectivity index (χ0n) is 14.4. The van der Waals surface area contributed by atoms with E-state index in [1.807, 2.05) is 42.5 Å². The number of nitrogens with two attached hydrogens (primary N) is 1. The Morgan fingerprint density at radius 3 is 2.00 bits per heavy atom. The van der Waals surface area contributed by atoms with Crippen LogP contribution in [0.2, 0.25) is 0 Å². The zero-order valence-corrected chi connectivity index (χ0v) is 15.2. The van der Waals surface area contributed by atoms with Gasteiger partial charge in [-0.15, -0.1) is 0 Å². The summed E-state index contributed by atoms with van der Waals surface area (Å²) in [6.07, 6.45) is -0.642. The van der Waals surface area contributed by atoms with Gasteiger partial charge in [0, 0.05) is 6.04 Å². The van der Waals surface area contributed by atoms with Crippen molar-refractivity contribution >= 4 is 22.2 Å². The number of hydrogen-bond donors (Lipinski definition) is 3. The highest BCUT2D eigenvalue weighted by Crippen LogP contribution is 2.13. The van der Waals surface area contributed by atoms with Gasteiger partial charge in [-0.3, -0.25) is 4.55 Å². The SMILES string of the molecule is N[C@H](/C=C/c1ccc(S(=O)(=O)O)cc1)Cc1ccccc1.O=C(O)C(F)(F)F. The Balaban J connectivity index is 0.000000480. The number of carbonyl (C=O) groups is 1. The predicted molar refractivity (Wildman–Crippen MR) is 97.1 cm³/mol. The second-order valence-corrected chi connectivity index (χ2v) is 6.98. The lowest BCUT2D eigenvalue weighted by Crippen LogP contribution is -2.21. The number of halogens is 3. The van der Waals surface area contributed by atoms with Gasteiger partial charge in [-0.1, -0.05) is 54.6 Å². The minimum atomic E-state index is -5.08. The lowest BCUT2D eigenvalue weighted by atomic mass is 10.1. The molecule has 0 aliphatic rings. The van der Waals surface area contributed by atoms with Crippen LogP contribution in [-0.4, -0.2) is 36.3 Å². The Hall–Kier alpha value is -2.69. The van der Waals surface area contributed by atoms with Crippen molar-refractivity contribution in [2.75, 3.05) is 0 Å². The zero-order chi connectivity index (χ0) is 21.4. The molecule has 0 saturated heterocycles. The summed E-state index contributed by atoms with van der Waals surface area (Å²) < 4.78 is 62.5. The van der Waals surface area contributed by atoms with Crippen molar-refractivity contribution in [3.8, 4) is 0 Å². The Bertz CT molecular complexity index is 895. The molecule has 2 aromatic carbocycles. The molecule has 4 N–H and O–H groups in total. The average Bonchev–Trinajstić information content (AvgIpc) is 2.60. The molecule has 0 aromatic heterocycles. The fourth-order valence-corrected chi connectivity index (χ4v) is 2.42. The Morgan fingerprint density at radius 1 is 1.07 bits per heavy atom. The maximum Gasteiger partial charge on any atom is 0.490 e. The van der Waals surface area contributed by atoms with Gasteiger partial charge in [0.25, 0.3) is 10.1 Å². The maximum atomic E-state index is 10.9. The van der Waals surface area contributed by atoms with Gasteiger partial charge in [0.15, 0.2) is 0 Å². The van der Waals surface area contributed by atoms with E-state index in [2.05, 4.69) is 0 Å². The van der Waals surface area contributed by atoms with Gasteiger partial charge in [0.2, 0.25) is 0 Å². The highest BCUT2D eigenvalue weighted by Gasteiger charge is 2.38. The van der Waals surface area contributed by atoms with E-state index in [0.29, 0.717) is 0 Å². The van der Waals surface area contributed by atoms with Gasteiger partial charge in [-0.25, -0.2) is 4.79 Å². The summed E-state index contributed by atoms with van der Waals surface area (Å²) in [5.74, 6) is -2.76. The van der Waals surface area contributed by atoms with Crippen molar-refractivity contribution in [1.29, 1.82) is 0 Å². The molecule has 0 spiro atoms. The largest absolute Gasteiger partial charge is 0.490 e. The first-order chi connectivity index (χ1) is 12.9. The fourth-order valence-electron chi connectivity index (χ4n) is 1.94. The molecule has 0 aliphatic carbocycles. The molecule has 0 saturated carbocycles. The molecule has 0 radical (unpaired) electrons. The normalized spacial score (nSPS) is 12.9. The van der Waals surface area contributed by atoms with E-state index in [4.69, 9.17) is 20.2 Å². The smallest absolute Gasteiger partial charge is 0.475 e. The van der Waals surface area contributed by atoms with Crippen LogP contribution < -0.4 is 5.73 Å². The van der Waals surface area contributed by atoms with Crippen molar-refractivity contribution in [3.63, 3.8) is 0 Å². The number of carboxylic acid groups (broad SMARTS) is 1. The second-order valence-electron chi connectivity index (χ2n) is 5.56. The molecular formula is C18H18F3NO5S. The number of aliphatic carboxylic acids is 1. The molecule has 1 atom stereocenters. The quantitative estimate of drug-likeness (QED) is 0.644. The molecule has 0 aliphatic heterocycles. The molecule has 2 aromatic rings. The number of benzene rings is 2. The molecule has 28 heavy (non-hydrogen) atoms. The summed E-state index contributed by atoms with van der Waals surface area (Å²) in [4.78, 5) is 8.78. The number of rotatable bonds is 5. The third kappa shape index (κ3) is 8.80. The summed E-state index contributed by atoms with van der Waals surface area (Å²) in [5.41, 5.74) is 8.02. The van der Waals surface area contributed by atoms with Crippen LogP contribution in [0.4, 0.5) is 13.2 Å². The van der Waals surface area contributed by atoms with Crippen LogP contribution in [0.25, 0.3) is 6.08 Å². The van der Waals surface area contributed by atoms with Crippen molar-refractivity contribution < 1.29 is 36.0 Å². The van der Waals surface area contributed by atoms with Gasteiger partial charge in [0.05, 0.1) is 4.90 Å². The molecule has 152 valence electrons. The highest BCUT2D eigenvalue weighted by molar-refractivity contribution is 7.85. The first kappa shape index (κ1) is 23.3. The van der Waals surface area contributed by atoms with Crippen LogP contribution in [0.3, 0.4) is 0 Å². The van der Waals surface area contributed by atoms with Gasteiger partial charge < -0.3 is 10.8 Å². The highest BCUT2D eigenvalue weighted by atomic mass is 32.2. The fraction of sp³-hybridized carbons (Fsp3) is 0.167. The standard InChI is InChI=1S/C16H17NO3S.C2HF3O2/c17-15(12-14-4-2-1-3-5-14)9-6-13-7-10-16(11-8-13)21(18,19)20;3-2(4,5)1(6)7/h1-11,15H,12,17H2,(H,18,19,20);(H,6,7)/b9-6+;/t15-;/m1./s1. The lowest BCUT2D eigenvalue weighted by Gasteiger charge is -2.06. The van der Waals surface area contributed by atoms with Crippen LogP contribution in [0.15, 0.2) is 65.6 Å². The number of carboxylic acids is 1. The summed E-state index contributed by atoms with van der Waals surface area (Å²) in [6.45, 7) is 0. The Kier molecular flexibility index (Phi) is 8.35. The van der Waals surface area contributed by atoms with Crippen LogP contribution in [0, 0.1) is 0 Å². The van der Waals surface area contributed by atoms with Gasteiger partial charge in [-0.05, 0) is 29.7 Å². The summed E-state index contributed by atoms with van der Waals surface area (Å²) in [7, 11) is -4.14. The van der Waals surface area contributed by atoms with Crippen molar-refractivity contribution in [3.05, 3.63) is 71.8 Å². The minimum absolute atomic E-state index is 0.117. The van der Waals surface area contributed by atoms with E-state index in [1.165, 1.54) is 12.1 Å². The van der Waals surface area contributed by atoms with E-state index in [0.717, 1.165) is 17.5 Å². The van der Waals surface area contributed by atoms with Gasteiger partial charge >= 0.3 is 12.1 Å². The summed E-state index contributed by atoms with van der Waals surface area (Å²) >= 11 is 0. The predicted octanol–water partition coefficient (Wildman–Crippen LogP) is 3.15. The second kappa shape index (κ2) is 10.0. The van der Waals surface area contributed by atoms with E-state index >= 15 is 0 Å². The molecule has 10 heteroatoms.